The Morgan fingerprint density at radius 3 is 2.25 bits per heavy atom. The van der Waals surface area contributed by atoms with Crippen molar-refractivity contribution in [2.75, 3.05) is 5.32 Å². The Morgan fingerprint density at radius 2 is 1.60 bits per heavy atom. The van der Waals surface area contributed by atoms with Gasteiger partial charge in [0.2, 0.25) is 0 Å². The number of hydrogen-bond acceptors (Lipinski definition) is 2. The van der Waals surface area contributed by atoms with Crippen LogP contribution in [0, 0.1) is 5.82 Å². The molecule has 0 aliphatic rings. The van der Waals surface area contributed by atoms with Gasteiger partial charge in [-0.3, -0.25) is 0 Å². The molecule has 2 nitrogen and oxygen atoms in total. The summed E-state index contributed by atoms with van der Waals surface area (Å²) < 4.78 is 18.7. The summed E-state index contributed by atoms with van der Waals surface area (Å²) in [7, 11) is 0. The molecule has 3 heteroatoms. The summed E-state index contributed by atoms with van der Waals surface area (Å²) in [5.41, 5.74) is 1.98. The molecule has 0 saturated heterocycles. The van der Waals surface area contributed by atoms with Crippen molar-refractivity contribution in [3.8, 4) is 5.75 Å². The van der Waals surface area contributed by atoms with E-state index in [4.69, 9.17) is 4.74 Å². The summed E-state index contributed by atoms with van der Waals surface area (Å²) in [5.74, 6) is 0.612. The number of halogens is 1. The predicted octanol–water partition coefficient (Wildman–Crippen LogP) is 4.79. The van der Waals surface area contributed by atoms with Crippen molar-refractivity contribution in [3.63, 3.8) is 0 Å². The fourth-order valence-corrected chi connectivity index (χ4v) is 2.01. The van der Waals surface area contributed by atoms with E-state index in [1.54, 1.807) is 12.1 Å². The molecule has 0 fully saturated rings. The summed E-state index contributed by atoms with van der Waals surface area (Å²) in [6.45, 7) is 6.04. The van der Waals surface area contributed by atoms with Crippen LogP contribution < -0.4 is 10.1 Å². The molecule has 106 valence electrons. The summed E-state index contributed by atoms with van der Waals surface area (Å²) in [5, 5.41) is 3.40. The predicted molar refractivity (Wildman–Crippen MR) is 80.6 cm³/mol. The van der Waals surface area contributed by atoms with Crippen molar-refractivity contribution in [1.29, 1.82) is 0 Å². The molecule has 1 atom stereocenters. The first-order chi connectivity index (χ1) is 9.56. The average molecular weight is 273 g/mol. The Balaban J connectivity index is 2.15. The van der Waals surface area contributed by atoms with Gasteiger partial charge >= 0.3 is 0 Å². The first-order valence-electron chi connectivity index (χ1n) is 6.84. The van der Waals surface area contributed by atoms with E-state index in [1.165, 1.54) is 12.1 Å². The van der Waals surface area contributed by atoms with Gasteiger partial charge in [0, 0.05) is 6.04 Å². The third-order valence-corrected chi connectivity index (χ3v) is 2.99. The number of benzene rings is 2. The maximum Gasteiger partial charge on any atom is 0.142 e. The summed E-state index contributed by atoms with van der Waals surface area (Å²) in [6.07, 6.45) is 0.124. The molecular weight excluding hydrogens is 253 g/mol. The van der Waals surface area contributed by atoms with E-state index in [0.717, 1.165) is 17.0 Å². The molecular formula is C17H20FNO. The molecule has 2 aromatic rings. The fourth-order valence-electron chi connectivity index (χ4n) is 2.01. The fraction of sp³-hybridized carbons (Fsp3) is 0.294. The van der Waals surface area contributed by atoms with Crippen molar-refractivity contribution in [2.45, 2.75) is 32.9 Å². The van der Waals surface area contributed by atoms with Gasteiger partial charge in [-0.05, 0) is 50.6 Å². The minimum Gasteiger partial charge on any atom is -0.489 e. The van der Waals surface area contributed by atoms with Crippen LogP contribution in [-0.4, -0.2) is 6.10 Å². The first-order valence-corrected chi connectivity index (χ1v) is 6.84. The number of para-hydroxylation sites is 2. The van der Waals surface area contributed by atoms with Crippen LogP contribution in [0.1, 0.15) is 32.4 Å². The van der Waals surface area contributed by atoms with E-state index in [2.05, 4.69) is 5.32 Å². The smallest absolute Gasteiger partial charge is 0.142 e. The highest BCUT2D eigenvalue weighted by Crippen LogP contribution is 2.28. The summed E-state index contributed by atoms with van der Waals surface area (Å²) in [4.78, 5) is 0. The molecule has 20 heavy (non-hydrogen) atoms. The van der Waals surface area contributed by atoms with Gasteiger partial charge in [0.25, 0.3) is 0 Å². The Hall–Kier alpha value is -2.03. The maximum atomic E-state index is 12.9. The summed E-state index contributed by atoms with van der Waals surface area (Å²) in [6, 6.07) is 14.5. The van der Waals surface area contributed by atoms with Crippen molar-refractivity contribution in [1.82, 2.24) is 0 Å². The zero-order chi connectivity index (χ0) is 14.5. The number of anilines is 1. The lowest BCUT2D eigenvalue weighted by molar-refractivity contribution is 0.243. The van der Waals surface area contributed by atoms with Gasteiger partial charge in [0.05, 0.1) is 11.8 Å². The molecule has 0 saturated carbocycles. The van der Waals surface area contributed by atoms with Gasteiger partial charge in [-0.25, -0.2) is 4.39 Å². The molecule has 0 bridgehead atoms. The largest absolute Gasteiger partial charge is 0.489 e. The molecule has 0 spiro atoms. The van der Waals surface area contributed by atoms with E-state index < -0.39 is 0 Å². The number of rotatable bonds is 5. The zero-order valence-electron chi connectivity index (χ0n) is 12.1. The van der Waals surface area contributed by atoms with E-state index >= 15 is 0 Å². The van der Waals surface area contributed by atoms with Crippen LogP contribution in [0.4, 0.5) is 10.1 Å². The number of hydrogen-bond donors (Lipinski definition) is 1. The minimum atomic E-state index is -0.218. The second kappa shape index (κ2) is 6.42. The average Bonchev–Trinajstić information content (AvgIpc) is 2.41. The molecule has 1 N–H and O–H groups in total. The number of ether oxygens (including phenoxy) is 1. The zero-order valence-corrected chi connectivity index (χ0v) is 12.1. The Kier molecular flexibility index (Phi) is 4.61. The van der Waals surface area contributed by atoms with E-state index in [-0.39, 0.29) is 18.0 Å². The molecule has 0 aromatic heterocycles. The minimum absolute atomic E-state index is 0.0764. The normalized spacial score (nSPS) is 12.2. The van der Waals surface area contributed by atoms with E-state index in [9.17, 15) is 4.39 Å². The van der Waals surface area contributed by atoms with Gasteiger partial charge in [0.1, 0.15) is 11.6 Å². The van der Waals surface area contributed by atoms with Crippen molar-refractivity contribution in [2.24, 2.45) is 0 Å². The van der Waals surface area contributed by atoms with E-state index in [1.807, 2.05) is 45.0 Å². The lowest BCUT2D eigenvalue weighted by atomic mass is 10.1. The van der Waals surface area contributed by atoms with Crippen molar-refractivity contribution < 1.29 is 9.13 Å². The Morgan fingerprint density at radius 1 is 0.950 bits per heavy atom. The van der Waals surface area contributed by atoms with Crippen LogP contribution in [0.2, 0.25) is 0 Å². The quantitative estimate of drug-likeness (QED) is 0.846. The van der Waals surface area contributed by atoms with Crippen LogP contribution in [0.3, 0.4) is 0 Å². The third-order valence-electron chi connectivity index (χ3n) is 2.99. The molecule has 0 radical (unpaired) electrons. The molecule has 0 aliphatic carbocycles. The van der Waals surface area contributed by atoms with E-state index in [0.29, 0.717) is 0 Å². The highest BCUT2D eigenvalue weighted by atomic mass is 19.1. The maximum absolute atomic E-state index is 12.9. The van der Waals surface area contributed by atoms with Gasteiger partial charge in [-0.15, -0.1) is 0 Å². The highest BCUT2D eigenvalue weighted by Gasteiger charge is 2.09. The topological polar surface area (TPSA) is 21.3 Å². The third kappa shape index (κ3) is 3.73. The molecule has 2 rings (SSSR count). The molecule has 0 amide bonds. The van der Waals surface area contributed by atoms with Crippen LogP contribution in [-0.2, 0) is 0 Å². The van der Waals surface area contributed by atoms with Gasteiger partial charge < -0.3 is 10.1 Å². The SMILES string of the molecule is CC(C)Oc1ccccc1NC(C)c1ccc(F)cc1. The van der Waals surface area contributed by atoms with Crippen LogP contribution >= 0.6 is 0 Å². The Labute approximate surface area is 119 Å². The summed E-state index contributed by atoms with van der Waals surface area (Å²) >= 11 is 0. The monoisotopic (exact) mass is 273 g/mol. The van der Waals surface area contributed by atoms with Crippen molar-refractivity contribution >= 4 is 5.69 Å². The highest BCUT2D eigenvalue weighted by molar-refractivity contribution is 5.57. The molecule has 1 unspecified atom stereocenters. The second-order valence-electron chi connectivity index (χ2n) is 5.08. The Bertz CT molecular complexity index is 551. The van der Waals surface area contributed by atoms with Gasteiger partial charge in [-0.2, -0.15) is 0 Å². The molecule has 0 aliphatic heterocycles. The second-order valence-corrected chi connectivity index (χ2v) is 5.08. The number of nitrogens with one attached hydrogen (secondary N) is 1. The lowest BCUT2D eigenvalue weighted by Gasteiger charge is -2.20. The van der Waals surface area contributed by atoms with Crippen LogP contribution in [0.15, 0.2) is 48.5 Å². The van der Waals surface area contributed by atoms with Crippen LogP contribution in [0.5, 0.6) is 5.75 Å². The lowest BCUT2D eigenvalue weighted by Crippen LogP contribution is -2.11. The molecule has 0 heterocycles. The van der Waals surface area contributed by atoms with Crippen molar-refractivity contribution in [3.05, 3.63) is 59.9 Å². The van der Waals surface area contributed by atoms with Gasteiger partial charge in [-0.1, -0.05) is 24.3 Å². The van der Waals surface area contributed by atoms with Crippen LogP contribution in [0.25, 0.3) is 0 Å². The molecule has 2 aromatic carbocycles. The standard InChI is InChI=1S/C17H20FNO/c1-12(2)20-17-7-5-4-6-16(17)19-13(3)14-8-10-15(18)11-9-14/h4-13,19H,1-3H3. The first kappa shape index (κ1) is 14.4. The van der Waals surface area contributed by atoms with Gasteiger partial charge in [0.15, 0.2) is 0 Å².